The van der Waals surface area contributed by atoms with E-state index in [0.717, 1.165) is 24.6 Å². The molecule has 0 bridgehead atoms. The number of rotatable bonds is 7. The molecule has 0 fully saturated rings. The third-order valence-corrected chi connectivity index (χ3v) is 2.48. The molecular formula is C13H18N2O2. The van der Waals surface area contributed by atoms with Crippen molar-refractivity contribution in [3.63, 3.8) is 0 Å². The van der Waals surface area contributed by atoms with Gasteiger partial charge in [0.25, 0.3) is 0 Å². The van der Waals surface area contributed by atoms with Gasteiger partial charge in [0.2, 0.25) is 0 Å². The van der Waals surface area contributed by atoms with E-state index in [-0.39, 0.29) is 0 Å². The molecule has 4 heteroatoms. The van der Waals surface area contributed by atoms with Gasteiger partial charge in [-0.25, -0.2) is 0 Å². The Balaban J connectivity index is 2.32. The molecular weight excluding hydrogens is 216 g/mol. The quantitative estimate of drug-likeness (QED) is 0.676. The molecule has 0 unspecified atom stereocenters. The first-order valence-corrected chi connectivity index (χ1v) is 5.66. The lowest BCUT2D eigenvalue weighted by Gasteiger charge is -2.16. The second kappa shape index (κ2) is 7.53. The van der Waals surface area contributed by atoms with E-state index in [1.807, 2.05) is 36.1 Å². The molecule has 0 aliphatic heterocycles. The third-order valence-electron chi connectivity index (χ3n) is 2.48. The fourth-order valence-electron chi connectivity index (χ4n) is 1.41. The molecule has 17 heavy (non-hydrogen) atoms. The van der Waals surface area contributed by atoms with Crippen molar-refractivity contribution in [2.24, 2.45) is 0 Å². The molecule has 0 heterocycles. The van der Waals surface area contributed by atoms with Crippen molar-refractivity contribution in [3.05, 3.63) is 24.3 Å². The lowest BCUT2D eigenvalue weighted by Crippen LogP contribution is -2.28. The lowest BCUT2D eigenvalue weighted by molar-refractivity contribution is 0.231. The largest absolute Gasteiger partial charge is 0.497 e. The molecule has 0 N–H and O–H groups in total. The van der Waals surface area contributed by atoms with Gasteiger partial charge >= 0.3 is 0 Å². The topological polar surface area (TPSA) is 45.5 Å². The van der Waals surface area contributed by atoms with Gasteiger partial charge in [-0.05, 0) is 30.8 Å². The molecule has 0 atom stereocenters. The average Bonchev–Trinajstić information content (AvgIpc) is 2.38. The summed E-state index contributed by atoms with van der Waals surface area (Å²) in [5, 5.41) is 8.60. The van der Waals surface area contributed by atoms with E-state index >= 15 is 0 Å². The fourth-order valence-corrected chi connectivity index (χ4v) is 1.41. The zero-order valence-electron chi connectivity index (χ0n) is 10.3. The molecule has 0 saturated heterocycles. The third kappa shape index (κ3) is 4.75. The van der Waals surface area contributed by atoms with E-state index in [0.29, 0.717) is 13.2 Å². The van der Waals surface area contributed by atoms with Crippen LogP contribution in [0.15, 0.2) is 24.3 Å². The van der Waals surface area contributed by atoms with Gasteiger partial charge in [-0.1, -0.05) is 6.92 Å². The smallest absolute Gasteiger partial charge is 0.119 e. The zero-order valence-corrected chi connectivity index (χ0v) is 10.3. The predicted molar refractivity (Wildman–Crippen MR) is 66.2 cm³/mol. The number of ether oxygens (including phenoxy) is 2. The summed E-state index contributed by atoms with van der Waals surface area (Å²) in [6.45, 7) is 4.69. The van der Waals surface area contributed by atoms with Crippen LogP contribution in [0.5, 0.6) is 11.5 Å². The molecule has 0 saturated carbocycles. The molecule has 0 radical (unpaired) electrons. The van der Waals surface area contributed by atoms with E-state index in [4.69, 9.17) is 14.7 Å². The van der Waals surface area contributed by atoms with Crippen LogP contribution >= 0.6 is 0 Å². The molecule has 0 aromatic heterocycles. The maximum absolute atomic E-state index is 8.60. The van der Waals surface area contributed by atoms with E-state index in [9.17, 15) is 0 Å². The van der Waals surface area contributed by atoms with Crippen LogP contribution in [0.4, 0.5) is 0 Å². The van der Waals surface area contributed by atoms with Crippen LogP contribution in [0.2, 0.25) is 0 Å². The molecule has 92 valence electrons. The van der Waals surface area contributed by atoms with Gasteiger partial charge in [0.05, 0.1) is 19.7 Å². The molecule has 0 aliphatic carbocycles. The number of hydrogen-bond donors (Lipinski definition) is 0. The Morgan fingerprint density at radius 1 is 1.24 bits per heavy atom. The number of methoxy groups -OCH3 is 1. The molecule has 1 aromatic rings. The standard InChI is InChI=1S/C13H18N2O2/c1-3-15(9-8-14)10-11-17-13-6-4-12(16-2)5-7-13/h4-7H,3,9-11H2,1-2H3. The minimum absolute atomic E-state index is 0.447. The van der Waals surface area contributed by atoms with Crippen LogP contribution in [0, 0.1) is 11.3 Å². The second-order valence-corrected chi connectivity index (χ2v) is 3.55. The van der Waals surface area contributed by atoms with Crippen molar-refractivity contribution in [3.8, 4) is 17.6 Å². The maximum Gasteiger partial charge on any atom is 0.119 e. The van der Waals surface area contributed by atoms with E-state index < -0.39 is 0 Å². The average molecular weight is 234 g/mol. The van der Waals surface area contributed by atoms with Crippen LogP contribution in [-0.4, -0.2) is 38.3 Å². The zero-order chi connectivity index (χ0) is 12.5. The first-order chi connectivity index (χ1) is 8.30. The number of nitrogens with zero attached hydrogens (tertiary/aromatic N) is 2. The van der Waals surface area contributed by atoms with Crippen LogP contribution in [0.25, 0.3) is 0 Å². The van der Waals surface area contributed by atoms with Gasteiger partial charge in [0.1, 0.15) is 18.1 Å². The second-order valence-electron chi connectivity index (χ2n) is 3.55. The Bertz CT molecular complexity index is 357. The van der Waals surface area contributed by atoms with Crippen LogP contribution < -0.4 is 9.47 Å². The van der Waals surface area contributed by atoms with Crippen molar-refractivity contribution >= 4 is 0 Å². The van der Waals surface area contributed by atoms with Gasteiger partial charge in [-0.15, -0.1) is 0 Å². The molecule has 0 aliphatic rings. The monoisotopic (exact) mass is 234 g/mol. The van der Waals surface area contributed by atoms with Crippen molar-refractivity contribution in [2.75, 3.05) is 33.4 Å². The first kappa shape index (κ1) is 13.3. The molecule has 4 nitrogen and oxygen atoms in total. The van der Waals surface area contributed by atoms with Crippen LogP contribution in [0.3, 0.4) is 0 Å². The SMILES string of the molecule is CCN(CC#N)CCOc1ccc(OC)cc1. The highest BCUT2D eigenvalue weighted by molar-refractivity contribution is 5.31. The number of likely N-dealkylation sites (N-methyl/N-ethyl adjacent to an activating group) is 1. The van der Waals surface area contributed by atoms with E-state index in [1.54, 1.807) is 7.11 Å². The van der Waals surface area contributed by atoms with Crippen molar-refractivity contribution in [2.45, 2.75) is 6.92 Å². The molecule has 1 rings (SSSR count). The van der Waals surface area contributed by atoms with Gasteiger partial charge in [0, 0.05) is 6.54 Å². The minimum Gasteiger partial charge on any atom is -0.497 e. The van der Waals surface area contributed by atoms with Crippen molar-refractivity contribution in [1.82, 2.24) is 4.90 Å². The normalized spacial score (nSPS) is 10.0. The predicted octanol–water partition coefficient (Wildman–Crippen LogP) is 1.92. The molecule has 1 aromatic carbocycles. The summed E-state index contributed by atoms with van der Waals surface area (Å²) < 4.78 is 10.6. The highest BCUT2D eigenvalue weighted by atomic mass is 16.5. The molecule has 0 spiro atoms. The summed E-state index contributed by atoms with van der Waals surface area (Å²) in [6, 6.07) is 9.61. The number of nitriles is 1. The summed E-state index contributed by atoms with van der Waals surface area (Å²) in [5.41, 5.74) is 0. The van der Waals surface area contributed by atoms with Gasteiger partial charge in [0.15, 0.2) is 0 Å². The molecule has 0 amide bonds. The fraction of sp³-hybridized carbons (Fsp3) is 0.462. The Morgan fingerprint density at radius 3 is 2.41 bits per heavy atom. The number of hydrogen-bond acceptors (Lipinski definition) is 4. The maximum atomic E-state index is 8.60. The number of benzene rings is 1. The van der Waals surface area contributed by atoms with E-state index in [2.05, 4.69) is 6.07 Å². The Kier molecular flexibility index (Phi) is 5.91. The van der Waals surface area contributed by atoms with E-state index in [1.165, 1.54) is 0 Å². The van der Waals surface area contributed by atoms with Gasteiger partial charge in [-0.3, -0.25) is 4.90 Å². The summed E-state index contributed by atoms with van der Waals surface area (Å²) in [4.78, 5) is 2.03. The highest BCUT2D eigenvalue weighted by Crippen LogP contribution is 2.16. The van der Waals surface area contributed by atoms with Crippen molar-refractivity contribution < 1.29 is 9.47 Å². The Morgan fingerprint density at radius 2 is 1.88 bits per heavy atom. The van der Waals surface area contributed by atoms with Crippen LogP contribution in [-0.2, 0) is 0 Å². The van der Waals surface area contributed by atoms with Crippen LogP contribution in [0.1, 0.15) is 6.92 Å². The van der Waals surface area contributed by atoms with Crippen molar-refractivity contribution in [1.29, 1.82) is 5.26 Å². The summed E-state index contributed by atoms with van der Waals surface area (Å²) >= 11 is 0. The lowest BCUT2D eigenvalue weighted by atomic mass is 10.3. The summed E-state index contributed by atoms with van der Waals surface area (Å²) in [7, 11) is 1.64. The highest BCUT2D eigenvalue weighted by Gasteiger charge is 2.01. The van der Waals surface area contributed by atoms with Gasteiger partial charge < -0.3 is 9.47 Å². The first-order valence-electron chi connectivity index (χ1n) is 5.66. The summed E-state index contributed by atoms with van der Waals surface area (Å²) in [5.74, 6) is 1.64. The Labute approximate surface area is 102 Å². The minimum atomic E-state index is 0.447. The Hall–Kier alpha value is -1.73. The summed E-state index contributed by atoms with van der Waals surface area (Å²) in [6.07, 6.45) is 0. The van der Waals surface area contributed by atoms with Gasteiger partial charge in [-0.2, -0.15) is 5.26 Å².